The highest BCUT2D eigenvalue weighted by Crippen LogP contribution is 2.42. The Balaban J connectivity index is 1.76. The standard InChI is InChI=1S/C24H17IO2/c1-26-19-14-12-18(13-15-19)24-23(25)21-10-6-5-9-20(21)22(27-24)16-11-17-7-3-2-4-8-17/h2-10,12-15,22H,1H3/p+1. The number of aliphatic hydroxyl groups is 2. The van der Waals surface area contributed by atoms with Crippen LogP contribution in [0.15, 0.2) is 78.9 Å². The van der Waals surface area contributed by atoms with Crippen LogP contribution in [0.4, 0.5) is 0 Å². The Morgan fingerprint density at radius 2 is 1.59 bits per heavy atom. The molecule has 0 saturated carbocycles. The van der Waals surface area contributed by atoms with Crippen molar-refractivity contribution in [3.8, 4) is 17.6 Å². The molecule has 0 saturated heterocycles. The molecule has 0 amide bonds. The van der Waals surface area contributed by atoms with Crippen LogP contribution >= 0.6 is 22.6 Å². The van der Waals surface area contributed by atoms with E-state index in [0.717, 1.165) is 31.8 Å². The van der Waals surface area contributed by atoms with Gasteiger partial charge in [0.15, 0.2) is 0 Å². The van der Waals surface area contributed by atoms with Gasteiger partial charge in [0.05, 0.1) is 18.2 Å². The van der Waals surface area contributed by atoms with Gasteiger partial charge in [-0.25, -0.2) is 0 Å². The molecular formula is C24H18IO2+. The maximum atomic E-state index is 5.28. The Hall–Kier alpha value is -2.71. The Labute approximate surface area is 173 Å². The maximum Gasteiger partial charge on any atom is 0.277 e. The van der Waals surface area contributed by atoms with Crippen LogP contribution in [-0.4, -0.2) is 11.8 Å². The van der Waals surface area contributed by atoms with E-state index in [2.05, 4.69) is 52.6 Å². The minimum Gasteiger partial charge on any atom is -0.567 e. The highest BCUT2D eigenvalue weighted by Gasteiger charge is 2.31. The largest absolute Gasteiger partial charge is 0.567 e. The van der Waals surface area contributed by atoms with E-state index in [-0.39, 0.29) is 6.10 Å². The molecule has 3 aromatic rings. The minimum atomic E-state index is -0.183. The normalized spacial score (nSPS) is 15.3. The lowest BCUT2D eigenvalue weighted by Crippen LogP contribution is -2.14. The molecule has 2 nitrogen and oxygen atoms in total. The SMILES string of the molecule is COc1ccc(C2=C(I)c3ccccc3C(C#Cc3ccccc3)[OH+]2)cc1. The van der Waals surface area contributed by atoms with Gasteiger partial charge in [-0.2, -0.15) is 0 Å². The zero-order valence-electron chi connectivity index (χ0n) is 14.8. The molecule has 1 heterocycles. The van der Waals surface area contributed by atoms with Crippen molar-refractivity contribution in [2.45, 2.75) is 6.10 Å². The van der Waals surface area contributed by atoms with Crippen molar-refractivity contribution in [2.75, 3.05) is 7.11 Å². The van der Waals surface area contributed by atoms with Crippen molar-refractivity contribution in [2.24, 2.45) is 0 Å². The van der Waals surface area contributed by atoms with E-state index in [9.17, 15) is 0 Å². The Bertz CT molecular complexity index is 1040. The van der Waals surface area contributed by atoms with Crippen LogP contribution in [-0.2, 0) is 0 Å². The first-order valence-electron chi connectivity index (χ1n) is 8.67. The van der Waals surface area contributed by atoms with Crippen molar-refractivity contribution in [3.05, 3.63) is 101 Å². The maximum absolute atomic E-state index is 5.28. The predicted molar refractivity (Wildman–Crippen MR) is 119 cm³/mol. The fraction of sp³-hybridized carbons (Fsp3) is 0.0833. The van der Waals surface area contributed by atoms with Gasteiger partial charge >= 0.3 is 0 Å². The number of hydrogen-bond donors (Lipinski definition) is 0. The number of methoxy groups -OCH3 is 1. The van der Waals surface area contributed by atoms with Gasteiger partial charge in [-0.1, -0.05) is 42.3 Å². The fourth-order valence-corrected chi connectivity index (χ4v) is 3.99. The summed E-state index contributed by atoms with van der Waals surface area (Å²) in [4.78, 5) is 0. The summed E-state index contributed by atoms with van der Waals surface area (Å²) in [7, 11) is 1.68. The lowest BCUT2D eigenvalue weighted by atomic mass is 9.97. The zero-order chi connectivity index (χ0) is 18.6. The second-order valence-electron chi connectivity index (χ2n) is 6.15. The van der Waals surface area contributed by atoms with E-state index >= 15 is 0 Å². The van der Waals surface area contributed by atoms with E-state index in [1.165, 1.54) is 5.56 Å². The molecule has 27 heavy (non-hydrogen) atoms. The van der Waals surface area contributed by atoms with Crippen molar-refractivity contribution in [1.29, 1.82) is 0 Å². The van der Waals surface area contributed by atoms with Crippen molar-refractivity contribution in [1.82, 2.24) is 0 Å². The molecule has 0 aliphatic carbocycles. The first-order chi connectivity index (χ1) is 13.3. The van der Waals surface area contributed by atoms with Gasteiger partial charge < -0.3 is 9.47 Å². The van der Waals surface area contributed by atoms with E-state index in [4.69, 9.17) is 9.47 Å². The van der Waals surface area contributed by atoms with Crippen LogP contribution in [0.2, 0.25) is 0 Å². The van der Waals surface area contributed by atoms with Gasteiger partial charge in [0, 0.05) is 17.0 Å². The van der Waals surface area contributed by atoms with E-state index in [1.807, 2.05) is 60.7 Å². The number of hydrogen-bond acceptors (Lipinski definition) is 1. The summed E-state index contributed by atoms with van der Waals surface area (Å²) in [6.07, 6.45) is -0.183. The third-order valence-corrected chi connectivity index (χ3v) is 5.54. The number of fused-ring (bicyclic) bond motifs is 1. The minimum absolute atomic E-state index is 0.183. The molecule has 3 aromatic carbocycles. The second kappa shape index (κ2) is 7.89. The quantitative estimate of drug-likeness (QED) is 0.275. The van der Waals surface area contributed by atoms with E-state index in [1.54, 1.807) is 7.11 Å². The smallest absolute Gasteiger partial charge is 0.277 e. The number of halogens is 1. The first-order valence-corrected chi connectivity index (χ1v) is 9.75. The van der Waals surface area contributed by atoms with Crippen molar-refractivity contribution in [3.63, 3.8) is 0 Å². The van der Waals surface area contributed by atoms with Gasteiger partial charge in [0.25, 0.3) is 11.9 Å². The van der Waals surface area contributed by atoms with Gasteiger partial charge in [0.2, 0.25) is 0 Å². The summed E-state index contributed by atoms with van der Waals surface area (Å²) in [5.74, 6) is 8.44. The fourth-order valence-electron chi connectivity index (χ4n) is 3.05. The Kier molecular flexibility index (Phi) is 5.17. The molecule has 1 N–H and O–H groups in total. The summed E-state index contributed by atoms with van der Waals surface area (Å²) in [6, 6.07) is 26.4. The number of benzene rings is 3. The Morgan fingerprint density at radius 1 is 0.889 bits per heavy atom. The third-order valence-electron chi connectivity index (χ3n) is 4.45. The summed E-state index contributed by atoms with van der Waals surface area (Å²) in [5.41, 5.74) is 4.43. The van der Waals surface area contributed by atoms with E-state index < -0.39 is 0 Å². The zero-order valence-corrected chi connectivity index (χ0v) is 17.0. The van der Waals surface area contributed by atoms with Crippen LogP contribution in [0.1, 0.15) is 28.4 Å². The van der Waals surface area contributed by atoms with Gasteiger partial charge in [-0.15, -0.1) is 0 Å². The van der Waals surface area contributed by atoms with Crippen molar-refractivity contribution >= 4 is 31.9 Å². The molecule has 4 rings (SSSR count). The molecule has 1 atom stereocenters. The lowest BCUT2D eigenvalue weighted by Gasteiger charge is -2.23. The van der Waals surface area contributed by atoms with Gasteiger partial charge in [-0.3, -0.25) is 0 Å². The topological polar surface area (TPSA) is 22.0 Å². The summed E-state index contributed by atoms with van der Waals surface area (Å²) >= 11 is 2.39. The summed E-state index contributed by atoms with van der Waals surface area (Å²) in [6.45, 7) is 0. The molecule has 0 bridgehead atoms. The molecule has 0 spiro atoms. The van der Waals surface area contributed by atoms with Crippen molar-refractivity contribution < 1.29 is 9.47 Å². The molecule has 0 fully saturated rings. The van der Waals surface area contributed by atoms with Crippen LogP contribution in [0.3, 0.4) is 0 Å². The number of rotatable bonds is 2. The number of ether oxygens (including phenoxy) is 2. The molecule has 1 aliphatic heterocycles. The van der Waals surface area contributed by atoms with Crippen LogP contribution in [0.5, 0.6) is 5.75 Å². The average molecular weight is 465 g/mol. The highest BCUT2D eigenvalue weighted by atomic mass is 127. The molecule has 1 aliphatic rings. The predicted octanol–water partition coefficient (Wildman–Crippen LogP) is 5.59. The first kappa shape index (κ1) is 17.7. The second-order valence-corrected chi connectivity index (χ2v) is 7.22. The molecule has 1 unspecified atom stereocenters. The summed E-state index contributed by atoms with van der Waals surface area (Å²) in [5, 5.41) is 0. The van der Waals surface area contributed by atoms with E-state index in [0.29, 0.717) is 0 Å². The molecule has 132 valence electrons. The van der Waals surface area contributed by atoms with Gasteiger partial charge in [0.1, 0.15) is 9.33 Å². The summed E-state index contributed by atoms with van der Waals surface area (Å²) < 4.78 is 11.4. The molecule has 0 radical (unpaired) electrons. The highest BCUT2D eigenvalue weighted by molar-refractivity contribution is 14.1. The van der Waals surface area contributed by atoms with Gasteiger partial charge in [-0.05, 0) is 65.1 Å². The monoisotopic (exact) mass is 465 g/mol. The van der Waals surface area contributed by atoms with Crippen LogP contribution < -0.4 is 4.74 Å². The van der Waals surface area contributed by atoms with Crippen LogP contribution in [0.25, 0.3) is 9.34 Å². The molecule has 0 aromatic heterocycles. The lowest BCUT2D eigenvalue weighted by molar-refractivity contribution is 0.0428. The average Bonchev–Trinajstić information content (AvgIpc) is 2.74. The molecule has 3 heteroatoms. The third kappa shape index (κ3) is 3.72. The molecular weight excluding hydrogens is 447 g/mol. The van der Waals surface area contributed by atoms with Crippen LogP contribution in [0, 0.1) is 11.8 Å². The Morgan fingerprint density at radius 3 is 2.33 bits per heavy atom.